The molecule has 6 fully saturated rings. The van der Waals surface area contributed by atoms with Crippen molar-refractivity contribution in [2.75, 3.05) is 26.4 Å². The van der Waals surface area contributed by atoms with E-state index >= 15 is 0 Å². The van der Waals surface area contributed by atoms with Crippen molar-refractivity contribution in [3.63, 3.8) is 0 Å². The number of ether oxygens (including phenoxy) is 2. The van der Waals surface area contributed by atoms with Crippen molar-refractivity contribution >= 4 is 0 Å². The molecule has 2 heterocycles. The van der Waals surface area contributed by atoms with Crippen LogP contribution in [0, 0.1) is 47.3 Å². The molecule has 0 spiro atoms. The third-order valence-corrected chi connectivity index (χ3v) is 12.4. The van der Waals surface area contributed by atoms with Gasteiger partial charge in [-0.2, -0.15) is 0 Å². The molecular weight excluding hydrogens is 442 g/mol. The first kappa shape index (κ1) is 26.1. The minimum atomic E-state index is 0.413. The Bertz CT molecular complexity index is 671. The number of nitrogens with zero attached hydrogens (tertiary/aromatic N) is 1. The Morgan fingerprint density at radius 3 is 1.97 bits per heavy atom. The molecule has 36 heavy (non-hydrogen) atoms. The van der Waals surface area contributed by atoms with Gasteiger partial charge in [0, 0.05) is 25.2 Å². The Balaban J connectivity index is 1.05. The number of hydrogen-bond donors (Lipinski definition) is 0. The van der Waals surface area contributed by atoms with Crippen LogP contribution in [0.15, 0.2) is 0 Å². The van der Waals surface area contributed by atoms with Gasteiger partial charge >= 0.3 is 0 Å². The van der Waals surface area contributed by atoms with Crippen molar-refractivity contribution < 1.29 is 9.47 Å². The fourth-order valence-corrected chi connectivity index (χ4v) is 10.4. The van der Waals surface area contributed by atoms with E-state index in [0.717, 1.165) is 79.2 Å². The van der Waals surface area contributed by atoms with Gasteiger partial charge in [-0.25, -0.2) is 0 Å². The average Bonchev–Trinajstić information content (AvgIpc) is 3.40. The van der Waals surface area contributed by atoms with Gasteiger partial charge in [0.15, 0.2) is 0 Å². The Hall–Kier alpha value is -0.120. The van der Waals surface area contributed by atoms with Gasteiger partial charge in [0.05, 0.1) is 13.2 Å². The lowest BCUT2D eigenvalue weighted by atomic mass is 9.73. The third kappa shape index (κ3) is 5.74. The molecule has 4 aliphatic carbocycles. The van der Waals surface area contributed by atoms with E-state index in [2.05, 4.69) is 18.7 Å². The summed E-state index contributed by atoms with van der Waals surface area (Å²) in [7, 11) is 0. The smallest absolute Gasteiger partial charge is 0.104 e. The molecule has 11 atom stereocenters. The van der Waals surface area contributed by atoms with Crippen LogP contribution >= 0.6 is 0 Å². The summed E-state index contributed by atoms with van der Waals surface area (Å²) in [5.41, 5.74) is 0. The molecule has 3 heteroatoms. The van der Waals surface area contributed by atoms with Crippen LogP contribution in [0.2, 0.25) is 0 Å². The van der Waals surface area contributed by atoms with E-state index in [-0.39, 0.29) is 0 Å². The maximum absolute atomic E-state index is 6.08. The van der Waals surface area contributed by atoms with Crippen molar-refractivity contribution in [3.8, 4) is 0 Å². The number of rotatable bonds is 11. The largest absolute Gasteiger partial charge is 0.378 e. The Morgan fingerprint density at radius 2 is 1.31 bits per heavy atom. The molecule has 4 saturated carbocycles. The number of hydrogen-bond acceptors (Lipinski definition) is 3. The highest BCUT2D eigenvalue weighted by molar-refractivity contribution is 5.04. The third-order valence-electron chi connectivity index (χ3n) is 12.4. The Kier molecular flexibility index (Phi) is 8.67. The normalized spacial score (nSPS) is 46.7. The summed E-state index contributed by atoms with van der Waals surface area (Å²) in [6, 6.07) is 1.91. The van der Waals surface area contributed by atoms with Gasteiger partial charge in [-0.05, 0) is 105 Å². The van der Waals surface area contributed by atoms with E-state index in [1.54, 1.807) is 12.8 Å². The first-order valence-corrected chi connectivity index (χ1v) is 16.7. The first-order valence-electron chi connectivity index (χ1n) is 16.7. The van der Waals surface area contributed by atoms with E-state index in [0.29, 0.717) is 6.10 Å². The van der Waals surface area contributed by atoms with Gasteiger partial charge < -0.3 is 9.47 Å². The number of epoxide rings is 1. The highest BCUT2D eigenvalue weighted by atomic mass is 16.6. The molecule has 0 aromatic heterocycles. The first-order chi connectivity index (χ1) is 17.7. The van der Waals surface area contributed by atoms with Crippen LogP contribution in [-0.2, 0) is 9.47 Å². The van der Waals surface area contributed by atoms with Gasteiger partial charge in [-0.3, -0.25) is 4.90 Å². The molecule has 0 aromatic rings. The predicted molar refractivity (Wildman–Crippen MR) is 148 cm³/mol. The summed E-state index contributed by atoms with van der Waals surface area (Å²) in [5.74, 6) is 7.76. The van der Waals surface area contributed by atoms with Gasteiger partial charge in [0.1, 0.15) is 6.10 Å². The minimum absolute atomic E-state index is 0.413. The minimum Gasteiger partial charge on any atom is -0.378 e. The fourth-order valence-electron chi connectivity index (χ4n) is 10.4. The van der Waals surface area contributed by atoms with Crippen LogP contribution in [0.25, 0.3) is 0 Å². The van der Waals surface area contributed by atoms with Crippen LogP contribution in [0.5, 0.6) is 0 Å². The molecule has 11 unspecified atom stereocenters. The summed E-state index contributed by atoms with van der Waals surface area (Å²) in [6.45, 7) is 9.08. The second-order valence-corrected chi connectivity index (χ2v) is 14.3. The molecule has 6 aliphatic rings. The second kappa shape index (κ2) is 12.0. The Labute approximate surface area is 222 Å². The molecule has 0 aromatic carbocycles. The van der Waals surface area contributed by atoms with E-state index in [4.69, 9.17) is 9.47 Å². The highest BCUT2D eigenvalue weighted by Gasteiger charge is 2.50. The quantitative estimate of drug-likeness (QED) is 0.272. The van der Waals surface area contributed by atoms with Crippen molar-refractivity contribution in [2.24, 2.45) is 47.3 Å². The lowest BCUT2D eigenvalue weighted by molar-refractivity contribution is 0.0727. The molecule has 0 amide bonds. The zero-order valence-corrected chi connectivity index (χ0v) is 23.8. The summed E-state index contributed by atoms with van der Waals surface area (Å²) < 4.78 is 11.4. The van der Waals surface area contributed by atoms with Gasteiger partial charge in [-0.1, -0.05) is 58.8 Å². The highest BCUT2D eigenvalue weighted by Crippen LogP contribution is 2.51. The molecule has 3 nitrogen and oxygen atoms in total. The lowest BCUT2D eigenvalue weighted by Crippen LogP contribution is -2.43. The van der Waals surface area contributed by atoms with E-state index in [1.807, 2.05) is 0 Å². The summed E-state index contributed by atoms with van der Waals surface area (Å²) in [5, 5.41) is 0. The van der Waals surface area contributed by atoms with Crippen molar-refractivity contribution in [2.45, 2.75) is 135 Å². The topological polar surface area (TPSA) is 25.0 Å². The zero-order valence-electron chi connectivity index (χ0n) is 23.8. The summed E-state index contributed by atoms with van der Waals surface area (Å²) in [4.78, 5) is 3.17. The van der Waals surface area contributed by atoms with Crippen molar-refractivity contribution in [3.05, 3.63) is 0 Å². The molecule has 206 valence electrons. The zero-order chi connectivity index (χ0) is 24.5. The van der Waals surface area contributed by atoms with Crippen molar-refractivity contribution in [1.82, 2.24) is 4.90 Å². The van der Waals surface area contributed by atoms with Crippen LogP contribution in [0.4, 0.5) is 0 Å². The second-order valence-electron chi connectivity index (χ2n) is 14.3. The van der Waals surface area contributed by atoms with E-state index < -0.39 is 0 Å². The maximum Gasteiger partial charge on any atom is 0.104 e. The van der Waals surface area contributed by atoms with E-state index in [1.165, 1.54) is 96.4 Å². The van der Waals surface area contributed by atoms with Gasteiger partial charge in [0.25, 0.3) is 0 Å². The van der Waals surface area contributed by atoms with Crippen LogP contribution < -0.4 is 0 Å². The average molecular weight is 500 g/mol. The fraction of sp³-hybridized carbons (Fsp3) is 1.00. The molecular formula is C33H57NO2. The predicted octanol–water partition coefficient (Wildman–Crippen LogP) is 7.72. The monoisotopic (exact) mass is 499 g/mol. The van der Waals surface area contributed by atoms with Crippen molar-refractivity contribution in [1.29, 1.82) is 0 Å². The summed E-state index contributed by atoms with van der Waals surface area (Å²) in [6.07, 6.45) is 24.3. The SMILES string of the molecule is CCC1CC(CCC2CC(CC)C(COCC3CO3)C2)C(CN2C3CCCCC3C3CCCCC32)C1. The van der Waals surface area contributed by atoms with Gasteiger partial charge in [0.2, 0.25) is 0 Å². The number of likely N-dealkylation sites (tertiary alicyclic amines) is 1. The summed E-state index contributed by atoms with van der Waals surface area (Å²) >= 11 is 0. The van der Waals surface area contributed by atoms with Gasteiger partial charge in [-0.15, -0.1) is 0 Å². The maximum atomic E-state index is 6.08. The molecule has 0 bridgehead atoms. The number of fused-ring (bicyclic) bond motifs is 3. The standard InChI is InChI=1S/C33H57NO2/c1-3-23-15-26(14-13-24-17-25(4-2)28(18-24)20-35-21-29-22-36-29)27(16-23)19-34-32-11-7-5-9-30(32)31-10-6-8-12-33(31)34/h23-33H,3-22H2,1-2H3. The molecule has 2 aliphatic heterocycles. The van der Waals surface area contributed by atoms with Crippen LogP contribution in [-0.4, -0.2) is 49.5 Å². The van der Waals surface area contributed by atoms with E-state index in [9.17, 15) is 0 Å². The molecule has 0 N–H and O–H groups in total. The molecule has 0 radical (unpaired) electrons. The lowest BCUT2D eigenvalue weighted by Gasteiger charge is -2.37. The van der Waals surface area contributed by atoms with Crippen LogP contribution in [0.1, 0.15) is 117 Å². The molecule has 6 rings (SSSR count). The van der Waals surface area contributed by atoms with Crippen LogP contribution in [0.3, 0.4) is 0 Å². The Morgan fingerprint density at radius 1 is 0.667 bits per heavy atom. The molecule has 2 saturated heterocycles.